The molecule has 0 heterocycles. The minimum Gasteiger partial charge on any atom is -0.488 e. The molecule has 1 fully saturated rings. The molecule has 0 spiro atoms. The molecule has 1 aromatic rings. The fourth-order valence-electron chi connectivity index (χ4n) is 2.30. The fraction of sp³-hybridized carbons (Fsp3) is 0.538. The first-order valence-corrected chi connectivity index (χ1v) is 6.50. The van der Waals surface area contributed by atoms with E-state index in [-0.39, 0.29) is 11.5 Å². The molecular weight excluding hydrogens is 257 g/mol. The largest absolute Gasteiger partial charge is 0.488 e. The molecule has 0 aliphatic heterocycles. The second-order valence-electron chi connectivity index (χ2n) is 5.06. The third kappa shape index (κ3) is 2.26. The quantitative estimate of drug-likeness (QED) is 0.906. The molecule has 2 unspecified atom stereocenters. The van der Waals surface area contributed by atoms with Gasteiger partial charge < -0.3 is 10.1 Å². The molecule has 1 saturated carbocycles. The molecule has 2 rings (SSSR count). The van der Waals surface area contributed by atoms with E-state index in [0.29, 0.717) is 21.8 Å². The fourth-order valence-corrected chi connectivity index (χ4v) is 2.64. The summed E-state index contributed by atoms with van der Waals surface area (Å²) in [6.45, 7) is 4.39. The van der Waals surface area contributed by atoms with Crippen molar-refractivity contribution < 1.29 is 4.74 Å². The van der Waals surface area contributed by atoms with Crippen LogP contribution in [0.25, 0.3) is 0 Å². The summed E-state index contributed by atoms with van der Waals surface area (Å²) in [5.74, 6) is 0.673. The lowest BCUT2D eigenvalue weighted by atomic mass is 9.64. The van der Waals surface area contributed by atoms with E-state index >= 15 is 0 Å². The van der Waals surface area contributed by atoms with E-state index in [1.165, 1.54) is 0 Å². The molecule has 1 N–H and O–H groups in total. The van der Waals surface area contributed by atoms with Gasteiger partial charge in [-0.25, -0.2) is 0 Å². The van der Waals surface area contributed by atoms with Gasteiger partial charge in [-0.2, -0.15) is 0 Å². The summed E-state index contributed by atoms with van der Waals surface area (Å²) in [4.78, 5) is 0. The number of ether oxygens (including phenoxy) is 1. The van der Waals surface area contributed by atoms with Crippen molar-refractivity contribution in [3.63, 3.8) is 0 Å². The van der Waals surface area contributed by atoms with E-state index in [4.69, 9.17) is 27.9 Å². The summed E-state index contributed by atoms with van der Waals surface area (Å²) < 4.78 is 5.95. The monoisotopic (exact) mass is 273 g/mol. The summed E-state index contributed by atoms with van der Waals surface area (Å²) in [7, 11) is 1.98. The van der Waals surface area contributed by atoms with Crippen LogP contribution in [0.2, 0.25) is 10.0 Å². The molecule has 4 heteroatoms. The highest BCUT2D eigenvalue weighted by Crippen LogP contribution is 2.44. The van der Waals surface area contributed by atoms with Crippen LogP contribution in [0.1, 0.15) is 20.3 Å². The van der Waals surface area contributed by atoms with Crippen LogP contribution in [-0.4, -0.2) is 19.2 Å². The van der Waals surface area contributed by atoms with Crippen LogP contribution in [0, 0.1) is 5.41 Å². The molecule has 1 aliphatic carbocycles. The first-order chi connectivity index (χ1) is 7.96. The van der Waals surface area contributed by atoms with Gasteiger partial charge in [-0.15, -0.1) is 0 Å². The van der Waals surface area contributed by atoms with Gasteiger partial charge in [0, 0.05) is 17.9 Å². The van der Waals surface area contributed by atoms with Crippen LogP contribution in [-0.2, 0) is 0 Å². The Morgan fingerprint density at radius 1 is 1.35 bits per heavy atom. The molecule has 94 valence electrons. The number of benzene rings is 1. The lowest BCUT2D eigenvalue weighted by molar-refractivity contribution is -0.0520. The summed E-state index contributed by atoms with van der Waals surface area (Å²) in [5, 5.41) is 4.33. The lowest BCUT2D eigenvalue weighted by Crippen LogP contribution is -2.61. The Hall–Kier alpha value is -0.440. The Labute approximate surface area is 112 Å². The molecule has 1 aromatic carbocycles. The predicted octanol–water partition coefficient (Wildman–Crippen LogP) is 3.76. The van der Waals surface area contributed by atoms with E-state index in [2.05, 4.69) is 19.2 Å². The zero-order valence-corrected chi connectivity index (χ0v) is 11.8. The Balaban J connectivity index is 2.11. The summed E-state index contributed by atoms with van der Waals surface area (Å²) >= 11 is 12.1. The van der Waals surface area contributed by atoms with Crippen molar-refractivity contribution in [3.8, 4) is 5.75 Å². The first-order valence-electron chi connectivity index (χ1n) is 5.74. The van der Waals surface area contributed by atoms with E-state index in [1.807, 2.05) is 19.2 Å². The summed E-state index contributed by atoms with van der Waals surface area (Å²) in [5.41, 5.74) is 0.112. The number of hydrogen-bond acceptors (Lipinski definition) is 2. The average Bonchev–Trinajstić information content (AvgIpc) is 2.29. The average molecular weight is 274 g/mol. The number of halogens is 2. The van der Waals surface area contributed by atoms with E-state index in [9.17, 15) is 0 Å². The van der Waals surface area contributed by atoms with Gasteiger partial charge >= 0.3 is 0 Å². The number of hydrogen-bond donors (Lipinski definition) is 1. The second kappa shape index (κ2) is 4.68. The third-order valence-corrected chi connectivity index (χ3v) is 4.51. The third-order valence-electron chi connectivity index (χ3n) is 3.71. The number of nitrogens with one attached hydrogen (secondary N) is 1. The van der Waals surface area contributed by atoms with E-state index < -0.39 is 0 Å². The minimum absolute atomic E-state index is 0.112. The van der Waals surface area contributed by atoms with Gasteiger partial charge in [-0.1, -0.05) is 43.1 Å². The Kier molecular flexibility index (Phi) is 3.58. The van der Waals surface area contributed by atoms with Crippen molar-refractivity contribution in [2.24, 2.45) is 5.41 Å². The molecule has 0 bridgehead atoms. The molecule has 1 aliphatic rings. The van der Waals surface area contributed by atoms with Crippen LogP contribution in [0.15, 0.2) is 18.2 Å². The summed E-state index contributed by atoms with van der Waals surface area (Å²) in [6, 6.07) is 5.96. The van der Waals surface area contributed by atoms with Crippen LogP contribution in [0.4, 0.5) is 0 Å². The van der Waals surface area contributed by atoms with Gasteiger partial charge in [0.2, 0.25) is 0 Å². The van der Waals surface area contributed by atoms with Crippen molar-refractivity contribution in [1.29, 1.82) is 0 Å². The molecule has 17 heavy (non-hydrogen) atoms. The zero-order valence-electron chi connectivity index (χ0n) is 10.3. The van der Waals surface area contributed by atoms with Crippen LogP contribution >= 0.6 is 23.2 Å². The highest BCUT2D eigenvalue weighted by atomic mass is 35.5. The van der Waals surface area contributed by atoms with Gasteiger partial charge in [-0.05, 0) is 19.2 Å². The molecule has 0 amide bonds. The van der Waals surface area contributed by atoms with Gasteiger partial charge in [0.15, 0.2) is 0 Å². The maximum Gasteiger partial charge on any atom is 0.139 e. The first kappa shape index (κ1) is 13.0. The topological polar surface area (TPSA) is 21.3 Å². The van der Waals surface area contributed by atoms with E-state index in [1.54, 1.807) is 6.07 Å². The van der Waals surface area contributed by atoms with Gasteiger partial charge in [0.25, 0.3) is 0 Å². The Bertz CT molecular complexity index is 420. The number of rotatable bonds is 3. The molecule has 0 aromatic heterocycles. The highest BCUT2D eigenvalue weighted by Gasteiger charge is 2.49. The van der Waals surface area contributed by atoms with Gasteiger partial charge in [0.1, 0.15) is 16.9 Å². The lowest BCUT2D eigenvalue weighted by Gasteiger charge is -2.51. The standard InChI is InChI=1S/C13H17Cl2NO/c1-13(2)10(16-3)7-11(13)17-9-6-4-5-8(14)12(9)15/h4-6,10-11,16H,7H2,1-3H3. The van der Waals surface area contributed by atoms with Crippen LogP contribution in [0.5, 0.6) is 5.75 Å². The molecular formula is C13H17Cl2NO. The maximum absolute atomic E-state index is 6.11. The van der Waals surface area contributed by atoms with Crippen molar-refractivity contribution in [1.82, 2.24) is 5.32 Å². The molecule has 2 atom stereocenters. The van der Waals surface area contributed by atoms with Crippen molar-refractivity contribution in [2.45, 2.75) is 32.4 Å². The minimum atomic E-state index is 0.112. The second-order valence-corrected chi connectivity index (χ2v) is 5.84. The zero-order chi connectivity index (χ0) is 12.6. The smallest absolute Gasteiger partial charge is 0.139 e. The normalized spacial score (nSPS) is 26.4. The molecule has 0 radical (unpaired) electrons. The molecule has 0 saturated heterocycles. The SMILES string of the molecule is CNC1CC(Oc2cccc(Cl)c2Cl)C1(C)C. The Morgan fingerprint density at radius 3 is 2.65 bits per heavy atom. The van der Waals surface area contributed by atoms with Gasteiger partial charge in [0.05, 0.1) is 5.02 Å². The van der Waals surface area contributed by atoms with Crippen molar-refractivity contribution in [2.75, 3.05) is 7.05 Å². The summed E-state index contributed by atoms with van der Waals surface area (Å²) in [6.07, 6.45) is 1.17. The van der Waals surface area contributed by atoms with Crippen LogP contribution in [0.3, 0.4) is 0 Å². The maximum atomic E-state index is 6.11. The van der Waals surface area contributed by atoms with Crippen LogP contribution < -0.4 is 10.1 Å². The van der Waals surface area contributed by atoms with Gasteiger partial charge in [-0.3, -0.25) is 0 Å². The van der Waals surface area contributed by atoms with E-state index in [0.717, 1.165) is 6.42 Å². The highest BCUT2D eigenvalue weighted by molar-refractivity contribution is 6.42. The molecule has 2 nitrogen and oxygen atoms in total. The van der Waals surface area contributed by atoms with Crippen molar-refractivity contribution in [3.05, 3.63) is 28.2 Å². The Morgan fingerprint density at radius 2 is 2.06 bits per heavy atom. The predicted molar refractivity (Wildman–Crippen MR) is 72.1 cm³/mol. The van der Waals surface area contributed by atoms with Crippen molar-refractivity contribution >= 4 is 23.2 Å².